The minimum Gasteiger partial charge on any atom is -0.304 e. The van der Waals surface area contributed by atoms with Gasteiger partial charge in [-0.3, -0.25) is 10.1 Å². The number of hydrogen-bond donors (Lipinski definition) is 2. The van der Waals surface area contributed by atoms with Crippen molar-refractivity contribution in [3.63, 3.8) is 0 Å². The molecule has 4 N–H and O–H groups in total. The fourth-order valence-corrected chi connectivity index (χ4v) is 0.982. The molecule has 5 nitrogen and oxygen atoms in total. The van der Waals surface area contributed by atoms with Gasteiger partial charge >= 0.3 is 0 Å². The van der Waals surface area contributed by atoms with E-state index in [4.69, 9.17) is 11.5 Å². The summed E-state index contributed by atoms with van der Waals surface area (Å²) in [6, 6.07) is 0. The summed E-state index contributed by atoms with van der Waals surface area (Å²) in [6.45, 7) is 5.29. The van der Waals surface area contributed by atoms with Gasteiger partial charge in [0.05, 0.1) is 4.92 Å². The van der Waals surface area contributed by atoms with Gasteiger partial charge in [0.15, 0.2) is 5.66 Å². The number of nitrogens with two attached hydrogens (primary N) is 2. The molecule has 0 unspecified atom stereocenters. The third-order valence-electron chi connectivity index (χ3n) is 1.95. The van der Waals surface area contributed by atoms with Crippen LogP contribution in [0.25, 0.3) is 0 Å². The largest absolute Gasteiger partial charge is 0.304 e. The molecule has 76 valence electrons. The van der Waals surface area contributed by atoms with Gasteiger partial charge in [-0.1, -0.05) is 19.8 Å². The average Bonchev–Trinajstić information content (AvgIpc) is 2.03. The van der Waals surface area contributed by atoms with E-state index in [9.17, 15) is 10.1 Å². The molecule has 0 aromatic rings. The Morgan fingerprint density at radius 2 is 2.08 bits per heavy atom. The molecule has 0 aliphatic heterocycles. The van der Waals surface area contributed by atoms with Gasteiger partial charge in [0.2, 0.25) is 0 Å². The van der Waals surface area contributed by atoms with Crippen molar-refractivity contribution in [2.75, 3.05) is 0 Å². The highest BCUT2D eigenvalue weighted by Gasteiger charge is 2.31. The summed E-state index contributed by atoms with van der Waals surface area (Å²) in [5, 5.41) is 10.3. The lowest BCUT2D eigenvalue weighted by atomic mass is 10.0. The molecule has 0 aromatic heterocycles. The Kier molecular flexibility index (Phi) is 4.58. The van der Waals surface area contributed by atoms with Gasteiger partial charge in [0, 0.05) is 0 Å². The van der Waals surface area contributed by atoms with E-state index in [0.717, 1.165) is 19.3 Å². The van der Waals surface area contributed by atoms with Crippen LogP contribution in [-0.4, -0.2) is 10.6 Å². The normalized spacial score (nSPS) is 11.3. The van der Waals surface area contributed by atoms with E-state index in [1.807, 2.05) is 6.92 Å². The quantitative estimate of drug-likeness (QED) is 0.280. The van der Waals surface area contributed by atoms with Gasteiger partial charge in [0.1, 0.15) is 0 Å². The highest BCUT2D eigenvalue weighted by Crippen LogP contribution is 2.14. The Morgan fingerprint density at radius 1 is 1.54 bits per heavy atom. The topological polar surface area (TPSA) is 95.2 Å². The molecule has 0 aliphatic carbocycles. The Balaban J connectivity index is 4.06. The van der Waals surface area contributed by atoms with Gasteiger partial charge in [-0.15, -0.1) is 0 Å². The molecule has 0 aliphatic rings. The van der Waals surface area contributed by atoms with Crippen LogP contribution in [0.15, 0.2) is 12.3 Å². The van der Waals surface area contributed by atoms with Crippen molar-refractivity contribution in [1.82, 2.24) is 0 Å². The second-order valence-corrected chi connectivity index (χ2v) is 3.20. The van der Waals surface area contributed by atoms with Gasteiger partial charge in [-0.2, -0.15) is 0 Å². The molecule has 0 aromatic carbocycles. The maximum atomic E-state index is 10.3. The maximum absolute atomic E-state index is 10.3. The Hall–Kier alpha value is -0.940. The lowest BCUT2D eigenvalue weighted by Gasteiger charge is -2.20. The predicted molar refractivity (Wildman–Crippen MR) is 51.4 cm³/mol. The summed E-state index contributed by atoms with van der Waals surface area (Å²) in [7, 11) is 0. The van der Waals surface area contributed by atoms with Crippen molar-refractivity contribution in [3.8, 4) is 0 Å². The molecule has 0 radical (unpaired) electrons. The Labute approximate surface area is 77.9 Å². The maximum Gasteiger partial charge on any atom is 0.273 e. The van der Waals surface area contributed by atoms with Crippen molar-refractivity contribution < 1.29 is 4.92 Å². The summed E-state index contributed by atoms with van der Waals surface area (Å²) in [5.41, 5.74) is 9.40. The summed E-state index contributed by atoms with van der Waals surface area (Å²) >= 11 is 0. The van der Waals surface area contributed by atoms with Crippen LogP contribution in [0.4, 0.5) is 0 Å². The van der Waals surface area contributed by atoms with Crippen LogP contribution in [0.3, 0.4) is 0 Å². The van der Waals surface area contributed by atoms with E-state index in [1.54, 1.807) is 0 Å². The van der Waals surface area contributed by atoms with Crippen LogP contribution in [-0.2, 0) is 0 Å². The zero-order chi connectivity index (χ0) is 10.5. The standard InChI is InChI=1S/C8H17N3O2/c1-3-4-5-6-8(9,10)7(2)11(12)13/h2-6,9-10H2,1H3. The lowest BCUT2D eigenvalue weighted by Crippen LogP contribution is -2.52. The fourth-order valence-electron chi connectivity index (χ4n) is 0.982. The summed E-state index contributed by atoms with van der Waals surface area (Å²) < 4.78 is 0. The van der Waals surface area contributed by atoms with Crippen molar-refractivity contribution in [2.45, 2.75) is 38.3 Å². The molecule has 0 amide bonds. The Morgan fingerprint density at radius 3 is 2.46 bits per heavy atom. The average molecular weight is 187 g/mol. The van der Waals surface area contributed by atoms with Crippen LogP contribution in [0.2, 0.25) is 0 Å². The summed E-state index contributed by atoms with van der Waals surface area (Å²) in [5.74, 6) is 0. The molecule has 0 atom stereocenters. The fraction of sp³-hybridized carbons (Fsp3) is 0.750. The molecular formula is C8H17N3O2. The number of unbranched alkanes of at least 4 members (excludes halogenated alkanes) is 2. The van der Waals surface area contributed by atoms with Crippen molar-refractivity contribution in [2.24, 2.45) is 11.5 Å². The van der Waals surface area contributed by atoms with Gasteiger partial charge in [-0.05, 0) is 19.4 Å². The minimum absolute atomic E-state index is 0.316. The highest BCUT2D eigenvalue weighted by atomic mass is 16.6. The number of nitro groups is 1. The Bertz CT molecular complexity index is 202. The zero-order valence-electron chi connectivity index (χ0n) is 7.95. The molecule has 0 saturated carbocycles. The van der Waals surface area contributed by atoms with Crippen LogP contribution in [0.5, 0.6) is 0 Å². The van der Waals surface area contributed by atoms with Crippen LogP contribution in [0.1, 0.15) is 32.6 Å². The number of hydrogen-bond acceptors (Lipinski definition) is 4. The number of rotatable bonds is 6. The first-order chi connectivity index (χ1) is 5.91. The molecule has 0 saturated heterocycles. The lowest BCUT2D eigenvalue weighted by molar-refractivity contribution is -0.434. The van der Waals surface area contributed by atoms with E-state index >= 15 is 0 Å². The molecule has 0 fully saturated rings. The van der Waals surface area contributed by atoms with Crippen LogP contribution in [0, 0.1) is 10.1 Å². The van der Waals surface area contributed by atoms with Crippen molar-refractivity contribution >= 4 is 0 Å². The van der Waals surface area contributed by atoms with Gasteiger partial charge < -0.3 is 11.5 Å². The molecule has 0 spiro atoms. The second-order valence-electron chi connectivity index (χ2n) is 3.20. The van der Waals surface area contributed by atoms with Crippen LogP contribution < -0.4 is 11.5 Å². The summed E-state index contributed by atoms with van der Waals surface area (Å²) in [6.07, 6.45) is 3.19. The SMILES string of the molecule is C=C([N+](=O)[O-])C(N)(N)CCCCC. The molecule has 0 rings (SSSR count). The number of nitrogens with zero attached hydrogens (tertiary/aromatic N) is 1. The molecular weight excluding hydrogens is 170 g/mol. The van der Waals surface area contributed by atoms with Crippen LogP contribution >= 0.6 is 0 Å². The van der Waals surface area contributed by atoms with E-state index in [-0.39, 0.29) is 5.70 Å². The molecule has 0 heterocycles. The van der Waals surface area contributed by atoms with Crippen molar-refractivity contribution in [3.05, 3.63) is 22.4 Å². The second kappa shape index (κ2) is 4.94. The molecule has 13 heavy (non-hydrogen) atoms. The first kappa shape index (κ1) is 12.1. The first-order valence-corrected chi connectivity index (χ1v) is 4.33. The highest BCUT2D eigenvalue weighted by molar-refractivity contribution is 5.03. The minimum atomic E-state index is -1.36. The third-order valence-corrected chi connectivity index (χ3v) is 1.95. The van der Waals surface area contributed by atoms with E-state index < -0.39 is 10.6 Å². The van der Waals surface area contributed by atoms with E-state index in [2.05, 4.69) is 6.58 Å². The smallest absolute Gasteiger partial charge is 0.273 e. The monoisotopic (exact) mass is 187 g/mol. The zero-order valence-corrected chi connectivity index (χ0v) is 7.95. The van der Waals surface area contributed by atoms with Gasteiger partial charge in [-0.25, -0.2) is 0 Å². The predicted octanol–water partition coefficient (Wildman–Crippen LogP) is 0.971. The molecule has 0 bridgehead atoms. The molecule has 5 heteroatoms. The van der Waals surface area contributed by atoms with E-state index in [0.29, 0.717) is 6.42 Å². The summed E-state index contributed by atoms with van der Waals surface area (Å²) in [4.78, 5) is 9.71. The van der Waals surface area contributed by atoms with Crippen molar-refractivity contribution in [1.29, 1.82) is 0 Å². The van der Waals surface area contributed by atoms with Gasteiger partial charge in [0.25, 0.3) is 5.70 Å². The first-order valence-electron chi connectivity index (χ1n) is 4.33. The third kappa shape index (κ3) is 4.00. The van der Waals surface area contributed by atoms with E-state index in [1.165, 1.54) is 0 Å².